The van der Waals surface area contributed by atoms with Crippen LogP contribution < -0.4 is 0 Å². The molecule has 0 radical (unpaired) electrons. The van der Waals surface area contributed by atoms with Crippen LogP contribution >= 0.6 is 0 Å². The number of aliphatic imine (C=N–C) groups is 1. The van der Waals surface area contributed by atoms with Crippen LogP contribution in [-0.2, 0) is 24.2 Å². The third kappa shape index (κ3) is 2.49. The van der Waals surface area contributed by atoms with Gasteiger partial charge in [0, 0.05) is 24.7 Å². The minimum absolute atomic E-state index is 0.0677. The molecule has 128 valence electrons. The number of fused-ring (bicyclic) bond motifs is 4. The van der Waals surface area contributed by atoms with E-state index in [1.54, 1.807) is 6.20 Å². The van der Waals surface area contributed by atoms with Crippen molar-refractivity contribution in [1.29, 1.82) is 0 Å². The van der Waals surface area contributed by atoms with Crippen molar-refractivity contribution in [2.75, 3.05) is 6.54 Å². The second-order valence-corrected chi connectivity index (χ2v) is 6.95. The maximum absolute atomic E-state index is 13.1. The van der Waals surface area contributed by atoms with Crippen LogP contribution in [0.25, 0.3) is 10.9 Å². The molecule has 2 aliphatic heterocycles. The highest BCUT2D eigenvalue weighted by molar-refractivity contribution is 6.39. The lowest BCUT2D eigenvalue weighted by molar-refractivity contribution is -0.125. The first-order valence-electron chi connectivity index (χ1n) is 9.10. The zero-order valence-corrected chi connectivity index (χ0v) is 14.5. The molecule has 2 aliphatic rings. The highest BCUT2D eigenvalue weighted by Gasteiger charge is 2.26. The predicted molar refractivity (Wildman–Crippen MR) is 103 cm³/mol. The first-order valence-corrected chi connectivity index (χ1v) is 9.10. The molecule has 1 aromatic heterocycles. The van der Waals surface area contributed by atoms with E-state index in [2.05, 4.69) is 35.3 Å². The molecule has 0 N–H and O–H groups in total. The van der Waals surface area contributed by atoms with Gasteiger partial charge in [0.05, 0.1) is 11.2 Å². The third-order valence-corrected chi connectivity index (χ3v) is 5.37. The number of aromatic nitrogens is 1. The van der Waals surface area contributed by atoms with Crippen molar-refractivity contribution >= 4 is 28.2 Å². The van der Waals surface area contributed by atoms with Gasteiger partial charge >= 0.3 is 0 Å². The molecule has 3 aromatic rings. The monoisotopic (exact) mass is 341 g/mol. The Balaban J connectivity index is 1.49. The fourth-order valence-corrected chi connectivity index (χ4v) is 3.95. The Labute approximate surface area is 152 Å². The highest BCUT2D eigenvalue weighted by atomic mass is 16.2. The molecule has 0 saturated carbocycles. The highest BCUT2D eigenvalue weighted by Crippen LogP contribution is 2.33. The molecule has 0 unspecified atom stereocenters. The van der Waals surface area contributed by atoms with Gasteiger partial charge in [0.25, 0.3) is 5.91 Å². The molecule has 4 nitrogen and oxygen atoms in total. The zero-order chi connectivity index (χ0) is 17.5. The van der Waals surface area contributed by atoms with Gasteiger partial charge in [-0.1, -0.05) is 42.5 Å². The number of pyridine rings is 1. The average Bonchev–Trinajstić information content (AvgIpc) is 2.72. The van der Waals surface area contributed by atoms with Crippen LogP contribution in [0.2, 0.25) is 0 Å². The smallest absolute Gasteiger partial charge is 0.268 e. The molecule has 5 rings (SSSR count). The molecule has 26 heavy (non-hydrogen) atoms. The van der Waals surface area contributed by atoms with Crippen LogP contribution in [0.3, 0.4) is 0 Å². The van der Waals surface area contributed by atoms with E-state index in [1.807, 2.05) is 23.1 Å². The van der Waals surface area contributed by atoms with Gasteiger partial charge in [0.2, 0.25) is 0 Å². The molecule has 1 amide bonds. The number of carbonyl (C=O) groups excluding carboxylic acids is 1. The Morgan fingerprint density at radius 2 is 1.77 bits per heavy atom. The topological polar surface area (TPSA) is 45.6 Å². The van der Waals surface area contributed by atoms with Crippen molar-refractivity contribution in [2.45, 2.75) is 25.8 Å². The average molecular weight is 341 g/mol. The minimum Gasteiger partial charge on any atom is -0.333 e. The summed E-state index contributed by atoms with van der Waals surface area (Å²) in [4.78, 5) is 24.3. The molecule has 3 heterocycles. The Hall–Kier alpha value is -3.01. The maximum Gasteiger partial charge on any atom is 0.268 e. The summed E-state index contributed by atoms with van der Waals surface area (Å²) < 4.78 is 0. The summed E-state index contributed by atoms with van der Waals surface area (Å²) in [7, 11) is 0. The molecule has 0 spiro atoms. The van der Waals surface area contributed by atoms with Crippen LogP contribution in [0.4, 0.5) is 5.69 Å². The van der Waals surface area contributed by atoms with E-state index in [0.29, 0.717) is 18.7 Å². The summed E-state index contributed by atoms with van der Waals surface area (Å²) in [5.74, 6) is 0.0677. The number of hydrogen-bond donors (Lipinski definition) is 0. The van der Waals surface area contributed by atoms with Gasteiger partial charge in [0.1, 0.15) is 5.71 Å². The van der Waals surface area contributed by atoms with Crippen molar-refractivity contribution in [3.05, 3.63) is 71.4 Å². The van der Waals surface area contributed by atoms with Gasteiger partial charge in [-0.05, 0) is 42.0 Å². The second kappa shape index (κ2) is 6.06. The fourth-order valence-electron chi connectivity index (χ4n) is 3.95. The van der Waals surface area contributed by atoms with Crippen molar-refractivity contribution in [3.63, 3.8) is 0 Å². The molecule has 2 aromatic carbocycles. The zero-order valence-electron chi connectivity index (χ0n) is 14.5. The Kier molecular flexibility index (Phi) is 3.56. The van der Waals surface area contributed by atoms with Gasteiger partial charge in [-0.3, -0.25) is 9.78 Å². The van der Waals surface area contributed by atoms with Gasteiger partial charge in [-0.25, -0.2) is 4.99 Å². The third-order valence-electron chi connectivity index (χ3n) is 5.37. The molecular weight excluding hydrogens is 322 g/mol. The van der Waals surface area contributed by atoms with Crippen LogP contribution in [0.1, 0.15) is 23.1 Å². The molecule has 0 saturated heterocycles. The van der Waals surface area contributed by atoms with Crippen LogP contribution in [0.5, 0.6) is 0 Å². The SMILES string of the molecule is O=C(C1=Nc2c(ccc3cccnc23)CC1)N1CCc2ccccc2C1. The first kappa shape index (κ1) is 15.3. The summed E-state index contributed by atoms with van der Waals surface area (Å²) >= 11 is 0. The quantitative estimate of drug-likeness (QED) is 0.675. The van der Waals surface area contributed by atoms with E-state index >= 15 is 0 Å². The number of aryl methyl sites for hydroxylation is 1. The number of nitrogens with zero attached hydrogens (tertiary/aromatic N) is 3. The molecular formula is C22H19N3O. The lowest BCUT2D eigenvalue weighted by Crippen LogP contribution is -2.40. The molecule has 0 atom stereocenters. The largest absolute Gasteiger partial charge is 0.333 e. The van der Waals surface area contributed by atoms with Gasteiger partial charge < -0.3 is 4.90 Å². The van der Waals surface area contributed by atoms with E-state index in [1.165, 1.54) is 16.7 Å². The standard InChI is InChI=1S/C22H19N3O/c26-22(25-13-11-15-4-1-2-5-18(15)14-25)19-10-9-17-8-7-16-6-3-12-23-20(16)21(17)24-19/h1-8,12H,9-11,13-14H2. The number of rotatable bonds is 1. The fraction of sp³-hybridized carbons (Fsp3) is 0.227. The van der Waals surface area contributed by atoms with E-state index in [4.69, 9.17) is 4.99 Å². The summed E-state index contributed by atoms with van der Waals surface area (Å²) in [5, 5.41) is 1.07. The van der Waals surface area contributed by atoms with E-state index in [0.717, 1.165) is 36.0 Å². The molecule has 0 bridgehead atoms. The van der Waals surface area contributed by atoms with Gasteiger partial charge in [0.15, 0.2) is 0 Å². The Bertz CT molecular complexity index is 1050. The normalized spacial score (nSPS) is 16.0. The van der Waals surface area contributed by atoms with Crippen LogP contribution in [0.15, 0.2) is 59.7 Å². The van der Waals surface area contributed by atoms with Crippen LogP contribution in [0, 0.1) is 0 Å². The van der Waals surface area contributed by atoms with Crippen molar-refractivity contribution in [2.24, 2.45) is 4.99 Å². The predicted octanol–water partition coefficient (Wildman–Crippen LogP) is 3.84. The van der Waals surface area contributed by atoms with E-state index < -0.39 is 0 Å². The number of hydrogen-bond acceptors (Lipinski definition) is 3. The van der Waals surface area contributed by atoms with Gasteiger partial charge in [-0.15, -0.1) is 0 Å². The first-order chi connectivity index (χ1) is 12.8. The maximum atomic E-state index is 13.1. The van der Waals surface area contributed by atoms with Crippen molar-refractivity contribution < 1.29 is 4.79 Å². The number of benzene rings is 2. The lowest BCUT2D eigenvalue weighted by atomic mass is 9.97. The Morgan fingerprint density at radius 1 is 0.885 bits per heavy atom. The summed E-state index contributed by atoms with van der Waals surface area (Å²) in [5.41, 5.74) is 6.19. The molecule has 0 fully saturated rings. The van der Waals surface area contributed by atoms with Crippen LogP contribution in [-0.4, -0.2) is 28.0 Å². The summed E-state index contributed by atoms with van der Waals surface area (Å²) in [6.45, 7) is 1.43. The van der Waals surface area contributed by atoms with E-state index in [9.17, 15) is 4.79 Å². The lowest BCUT2D eigenvalue weighted by Gasteiger charge is -2.30. The number of carbonyl (C=O) groups is 1. The van der Waals surface area contributed by atoms with Crippen molar-refractivity contribution in [3.8, 4) is 0 Å². The molecule has 4 heteroatoms. The minimum atomic E-state index is 0.0677. The van der Waals surface area contributed by atoms with E-state index in [-0.39, 0.29) is 5.91 Å². The summed E-state index contributed by atoms with van der Waals surface area (Å²) in [6.07, 6.45) is 4.24. The second-order valence-electron chi connectivity index (χ2n) is 6.95. The number of amides is 1. The molecule has 0 aliphatic carbocycles. The van der Waals surface area contributed by atoms with Crippen molar-refractivity contribution in [1.82, 2.24) is 9.88 Å². The summed E-state index contributed by atoms with van der Waals surface area (Å²) in [6, 6.07) is 16.5. The van der Waals surface area contributed by atoms with Gasteiger partial charge in [-0.2, -0.15) is 0 Å². The Morgan fingerprint density at radius 3 is 2.69 bits per heavy atom.